The minimum absolute atomic E-state index is 0.0213. The average molecular weight is 398 g/mol. The summed E-state index contributed by atoms with van der Waals surface area (Å²) in [4.78, 5) is 11.6. The Morgan fingerprint density at radius 2 is 2.07 bits per heavy atom. The molecule has 1 N–H and O–H groups in total. The van der Waals surface area contributed by atoms with Gasteiger partial charge in [-0.25, -0.2) is 17.7 Å². The quantitative estimate of drug-likeness (QED) is 0.735. The fraction of sp³-hybridized carbons (Fsp3) is 0.412. The van der Waals surface area contributed by atoms with Crippen molar-refractivity contribution < 1.29 is 21.6 Å². The molecule has 0 aromatic carbocycles. The van der Waals surface area contributed by atoms with Crippen LogP contribution in [0.2, 0.25) is 0 Å². The lowest BCUT2D eigenvalue weighted by Crippen LogP contribution is -2.43. The van der Waals surface area contributed by atoms with Crippen LogP contribution in [-0.4, -0.2) is 52.7 Å². The van der Waals surface area contributed by atoms with Gasteiger partial charge in [0.25, 0.3) is 0 Å². The van der Waals surface area contributed by atoms with E-state index in [4.69, 9.17) is 0 Å². The van der Waals surface area contributed by atoms with Crippen LogP contribution in [0.5, 0.6) is 0 Å². The zero-order chi connectivity index (χ0) is 19.2. The average Bonchev–Trinajstić information content (AvgIpc) is 3.08. The summed E-state index contributed by atoms with van der Waals surface area (Å²) in [5.41, 5.74) is 1.54. The van der Waals surface area contributed by atoms with Crippen molar-refractivity contribution in [2.24, 2.45) is 0 Å². The molecule has 1 aliphatic heterocycles. The second kappa shape index (κ2) is 6.45. The SMILES string of the molecule is O=S(=O)(CC(F)(F)F)N1CCCC(c2cncc3cnc4[nH]ccc4c23)C1. The molecule has 3 aromatic rings. The minimum Gasteiger partial charge on any atom is -0.346 e. The Hall–Kier alpha value is -2.20. The molecule has 1 unspecified atom stereocenters. The van der Waals surface area contributed by atoms with Crippen molar-refractivity contribution in [3.05, 3.63) is 36.4 Å². The van der Waals surface area contributed by atoms with Gasteiger partial charge >= 0.3 is 6.18 Å². The first-order chi connectivity index (χ1) is 12.7. The van der Waals surface area contributed by atoms with Gasteiger partial charge < -0.3 is 4.98 Å². The van der Waals surface area contributed by atoms with Gasteiger partial charge in [0, 0.05) is 54.0 Å². The van der Waals surface area contributed by atoms with Crippen molar-refractivity contribution in [1.82, 2.24) is 19.3 Å². The van der Waals surface area contributed by atoms with Gasteiger partial charge in [-0.15, -0.1) is 0 Å². The second-order valence-electron chi connectivity index (χ2n) is 6.76. The molecular formula is C17H17F3N4O2S. The van der Waals surface area contributed by atoms with E-state index in [2.05, 4.69) is 15.0 Å². The van der Waals surface area contributed by atoms with Crippen molar-refractivity contribution in [3.8, 4) is 0 Å². The second-order valence-corrected chi connectivity index (χ2v) is 8.73. The summed E-state index contributed by atoms with van der Waals surface area (Å²) in [7, 11) is -4.40. The lowest BCUT2D eigenvalue weighted by atomic mass is 9.89. The van der Waals surface area contributed by atoms with Crippen molar-refractivity contribution in [2.45, 2.75) is 24.9 Å². The number of rotatable bonds is 3. The number of halogens is 3. The molecule has 1 saturated heterocycles. The summed E-state index contributed by atoms with van der Waals surface area (Å²) < 4.78 is 63.3. The topological polar surface area (TPSA) is 79.0 Å². The molecule has 3 aromatic heterocycles. The standard InChI is InChI=1S/C17H17F3N4O2S/c18-17(19,20)10-27(25,26)24-5-1-2-11(9-24)14-8-21-6-12-7-23-16-13(15(12)14)3-4-22-16/h3-4,6-8,11H,1-2,5,9-10H2,(H,22,23). The third kappa shape index (κ3) is 3.51. The van der Waals surface area contributed by atoms with Gasteiger partial charge in [0.1, 0.15) is 5.65 Å². The van der Waals surface area contributed by atoms with E-state index >= 15 is 0 Å². The molecule has 0 aliphatic carbocycles. The first kappa shape index (κ1) is 18.2. The van der Waals surface area contributed by atoms with Crippen LogP contribution in [-0.2, 0) is 10.0 Å². The zero-order valence-corrected chi connectivity index (χ0v) is 15.0. The van der Waals surface area contributed by atoms with E-state index in [1.807, 2.05) is 6.07 Å². The number of aromatic nitrogens is 3. The maximum atomic E-state index is 12.6. The molecule has 0 spiro atoms. The molecule has 4 rings (SSSR count). The fourth-order valence-electron chi connectivity index (χ4n) is 3.76. The molecule has 6 nitrogen and oxygen atoms in total. The fourth-order valence-corrected chi connectivity index (χ4v) is 5.17. The summed E-state index contributed by atoms with van der Waals surface area (Å²) in [5, 5.41) is 2.62. The largest absolute Gasteiger partial charge is 0.404 e. The van der Waals surface area contributed by atoms with E-state index in [0.717, 1.165) is 26.0 Å². The molecule has 0 bridgehead atoms. The molecular weight excluding hydrogens is 381 g/mol. The number of fused-ring (bicyclic) bond motifs is 3. The van der Waals surface area contributed by atoms with E-state index in [1.54, 1.807) is 24.8 Å². The number of aromatic amines is 1. The number of hydrogen-bond donors (Lipinski definition) is 1. The van der Waals surface area contributed by atoms with E-state index in [9.17, 15) is 21.6 Å². The van der Waals surface area contributed by atoms with Crippen LogP contribution in [0.4, 0.5) is 13.2 Å². The van der Waals surface area contributed by atoms with E-state index < -0.39 is 22.0 Å². The van der Waals surface area contributed by atoms with Crippen LogP contribution in [0.15, 0.2) is 30.9 Å². The van der Waals surface area contributed by atoms with Crippen molar-refractivity contribution >= 4 is 31.8 Å². The van der Waals surface area contributed by atoms with Gasteiger partial charge in [0.2, 0.25) is 10.0 Å². The van der Waals surface area contributed by atoms with Gasteiger partial charge in [0.15, 0.2) is 5.75 Å². The summed E-state index contributed by atoms with van der Waals surface area (Å²) in [6.45, 7) is 0.127. The minimum atomic E-state index is -4.75. The molecule has 0 amide bonds. The summed E-state index contributed by atoms with van der Waals surface area (Å²) in [5.74, 6) is -2.05. The monoisotopic (exact) mass is 398 g/mol. The summed E-state index contributed by atoms with van der Waals surface area (Å²) in [6, 6.07) is 1.88. The molecule has 144 valence electrons. The van der Waals surface area contributed by atoms with Crippen LogP contribution in [0.25, 0.3) is 21.8 Å². The van der Waals surface area contributed by atoms with Gasteiger partial charge in [-0.2, -0.15) is 13.2 Å². The Labute approximate surface area is 153 Å². The predicted molar refractivity (Wildman–Crippen MR) is 94.8 cm³/mol. The van der Waals surface area contributed by atoms with Crippen LogP contribution >= 0.6 is 0 Å². The Balaban J connectivity index is 1.73. The number of sulfonamides is 1. The van der Waals surface area contributed by atoms with Crippen molar-refractivity contribution in [2.75, 3.05) is 18.8 Å². The highest BCUT2D eigenvalue weighted by molar-refractivity contribution is 7.89. The highest BCUT2D eigenvalue weighted by atomic mass is 32.2. The molecule has 1 aliphatic rings. The van der Waals surface area contributed by atoms with Gasteiger partial charge in [0.05, 0.1) is 0 Å². The smallest absolute Gasteiger partial charge is 0.346 e. The molecule has 0 saturated carbocycles. The lowest BCUT2D eigenvalue weighted by molar-refractivity contribution is -0.107. The van der Waals surface area contributed by atoms with E-state index in [1.165, 1.54) is 0 Å². The summed E-state index contributed by atoms with van der Waals surface area (Å²) >= 11 is 0. The Kier molecular flexibility index (Phi) is 4.34. The summed E-state index contributed by atoms with van der Waals surface area (Å²) in [6.07, 6.45) is 3.24. The van der Waals surface area contributed by atoms with Crippen LogP contribution in [0.1, 0.15) is 24.3 Å². The van der Waals surface area contributed by atoms with E-state index in [-0.39, 0.29) is 19.0 Å². The lowest BCUT2D eigenvalue weighted by Gasteiger charge is -2.32. The Morgan fingerprint density at radius 3 is 2.85 bits per heavy atom. The number of alkyl halides is 3. The third-order valence-electron chi connectivity index (χ3n) is 4.90. The molecule has 4 heterocycles. The third-order valence-corrected chi connectivity index (χ3v) is 6.71. The van der Waals surface area contributed by atoms with Crippen molar-refractivity contribution in [1.29, 1.82) is 0 Å². The van der Waals surface area contributed by atoms with Gasteiger partial charge in [-0.1, -0.05) is 0 Å². The van der Waals surface area contributed by atoms with Crippen molar-refractivity contribution in [3.63, 3.8) is 0 Å². The molecule has 10 heteroatoms. The van der Waals surface area contributed by atoms with Crippen LogP contribution in [0.3, 0.4) is 0 Å². The highest BCUT2D eigenvalue weighted by Crippen LogP contribution is 2.35. The molecule has 1 atom stereocenters. The normalized spacial score (nSPS) is 19.7. The van der Waals surface area contributed by atoms with E-state index in [0.29, 0.717) is 18.5 Å². The van der Waals surface area contributed by atoms with Crippen LogP contribution < -0.4 is 0 Å². The van der Waals surface area contributed by atoms with Gasteiger partial charge in [-0.05, 0) is 30.4 Å². The molecule has 27 heavy (non-hydrogen) atoms. The highest BCUT2D eigenvalue weighted by Gasteiger charge is 2.40. The van der Waals surface area contributed by atoms with Crippen LogP contribution in [0, 0.1) is 0 Å². The Morgan fingerprint density at radius 1 is 1.26 bits per heavy atom. The number of piperidine rings is 1. The predicted octanol–water partition coefficient (Wildman–Crippen LogP) is 3.18. The number of nitrogens with one attached hydrogen (secondary N) is 1. The maximum absolute atomic E-state index is 12.6. The maximum Gasteiger partial charge on any atom is 0.404 e. The number of pyridine rings is 2. The molecule has 0 radical (unpaired) electrons. The molecule has 1 fully saturated rings. The first-order valence-corrected chi connectivity index (χ1v) is 10.1. The van der Waals surface area contributed by atoms with Gasteiger partial charge in [-0.3, -0.25) is 4.98 Å². The number of H-pyrrole nitrogens is 1. The number of nitrogens with zero attached hydrogens (tertiary/aromatic N) is 3. The first-order valence-electron chi connectivity index (χ1n) is 8.49. The Bertz CT molecular complexity index is 1090. The zero-order valence-electron chi connectivity index (χ0n) is 14.2. The number of hydrogen-bond acceptors (Lipinski definition) is 4.